The number of rotatable bonds is 2. The molecule has 17 heavy (non-hydrogen) atoms. The third-order valence-electron chi connectivity index (χ3n) is 3.23. The number of nitrogens with zero attached hydrogens (tertiary/aromatic N) is 2. The van der Waals surface area contributed by atoms with E-state index in [-0.39, 0.29) is 6.10 Å². The minimum Gasteiger partial charge on any atom is -0.389 e. The van der Waals surface area contributed by atoms with Crippen LogP contribution in [0.3, 0.4) is 0 Å². The van der Waals surface area contributed by atoms with E-state index in [1.165, 1.54) is 12.0 Å². The molecule has 2 aromatic heterocycles. The van der Waals surface area contributed by atoms with Crippen LogP contribution in [0.5, 0.6) is 0 Å². The van der Waals surface area contributed by atoms with Crippen molar-refractivity contribution in [2.75, 3.05) is 0 Å². The lowest BCUT2D eigenvalue weighted by atomic mass is 10.1. The standard InChI is InChI=1S/C13H16N2OS/c16-12-4-2-1-3-10(8-12)7-11-9-15-5-6-17-13(15)14-11/h5-6,8-9,12,16H,1-4,7H2. The van der Waals surface area contributed by atoms with E-state index in [0.717, 1.165) is 36.3 Å². The summed E-state index contributed by atoms with van der Waals surface area (Å²) in [6.45, 7) is 0. The highest BCUT2D eigenvalue weighted by Gasteiger charge is 2.11. The van der Waals surface area contributed by atoms with E-state index in [4.69, 9.17) is 0 Å². The molecule has 0 saturated heterocycles. The van der Waals surface area contributed by atoms with Gasteiger partial charge in [-0.3, -0.25) is 4.40 Å². The van der Waals surface area contributed by atoms with Gasteiger partial charge >= 0.3 is 0 Å². The fourth-order valence-corrected chi connectivity index (χ4v) is 3.10. The molecule has 3 nitrogen and oxygen atoms in total. The molecular formula is C13H16N2OS. The molecule has 1 aliphatic carbocycles. The topological polar surface area (TPSA) is 37.5 Å². The monoisotopic (exact) mass is 248 g/mol. The fraction of sp³-hybridized carbons (Fsp3) is 0.462. The largest absolute Gasteiger partial charge is 0.389 e. The Kier molecular flexibility index (Phi) is 2.99. The van der Waals surface area contributed by atoms with E-state index < -0.39 is 0 Å². The van der Waals surface area contributed by atoms with E-state index in [0.29, 0.717) is 0 Å². The summed E-state index contributed by atoms with van der Waals surface area (Å²) < 4.78 is 2.06. The maximum absolute atomic E-state index is 9.74. The van der Waals surface area contributed by atoms with Gasteiger partial charge in [0.05, 0.1) is 11.8 Å². The van der Waals surface area contributed by atoms with Gasteiger partial charge in [0.2, 0.25) is 0 Å². The van der Waals surface area contributed by atoms with Crippen molar-refractivity contribution < 1.29 is 5.11 Å². The number of fused-ring (bicyclic) bond motifs is 1. The first-order valence-corrected chi connectivity index (χ1v) is 6.98. The van der Waals surface area contributed by atoms with Gasteiger partial charge in [-0.1, -0.05) is 18.1 Å². The van der Waals surface area contributed by atoms with Crippen LogP contribution in [0.4, 0.5) is 0 Å². The molecule has 90 valence electrons. The van der Waals surface area contributed by atoms with Gasteiger partial charge in [0.1, 0.15) is 0 Å². The molecule has 1 unspecified atom stereocenters. The molecule has 0 fully saturated rings. The highest BCUT2D eigenvalue weighted by atomic mass is 32.1. The number of hydrogen-bond donors (Lipinski definition) is 1. The molecule has 0 amide bonds. The Hall–Kier alpha value is -1.13. The van der Waals surface area contributed by atoms with Gasteiger partial charge < -0.3 is 5.11 Å². The van der Waals surface area contributed by atoms with Crippen LogP contribution >= 0.6 is 11.3 Å². The van der Waals surface area contributed by atoms with Crippen molar-refractivity contribution in [3.8, 4) is 0 Å². The normalized spacial score (nSPS) is 21.5. The molecule has 2 heterocycles. The van der Waals surface area contributed by atoms with E-state index in [1.807, 2.05) is 17.7 Å². The molecule has 0 aliphatic heterocycles. The van der Waals surface area contributed by atoms with Gasteiger partial charge in [-0.2, -0.15) is 0 Å². The Bertz CT molecular complexity index is 512. The second-order valence-electron chi connectivity index (χ2n) is 4.64. The van der Waals surface area contributed by atoms with Gasteiger partial charge in [0, 0.05) is 24.2 Å². The van der Waals surface area contributed by atoms with Crippen LogP contribution in [0.25, 0.3) is 4.96 Å². The van der Waals surface area contributed by atoms with Crippen molar-refractivity contribution >= 4 is 16.3 Å². The van der Waals surface area contributed by atoms with Crippen molar-refractivity contribution in [1.29, 1.82) is 0 Å². The average Bonchev–Trinajstić information content (AvgIpc) is 2.78. The molecule has 0 saturated carbocycles. The van der Waals surface area contributed by atoms with Gasteiger partial charge in [-0.05, 0) is 19.3 Å². The number of aromatic nitrogens is 2. The SMILES string of the molecule is OC1C=C(Cc2cn3ccsc3n2)CCCC1. The minimum absolute atomic E-state index is 0.253. The summed E-state index contributed by atoms with van der Waals surface area (Å²) in [5, 5.41) is 11.8. The van der Waals surface area contributed by atoms with E-state index in [9.17, 15) is 5.11 Å². The molecular weight excluding hydrogens is 232 g/mol. The van der Waals surface area contributed by atoms with Crippen LogP contribution in [0.2, 0.25) is 0 Å². The first kappa shape index (κ1) is 11.0. The molecule has 0 radical (unpaired) electrons. The van der Waals surface area contributed by atoms with Gasteiger partial charge in [0.25, 0.3) is 0 Å². The molecule has 0 spiro atoms. The van der Waals surface area contributed by atoms with Crippen LogP contribution in [0, 0.1) is 0 Å². The molecule has 0 bridgehead atoms. The first-order chi connectivity index (χ1) is 8.31. The van der Waals surface area contributed by atoms with E-state index >= 15 is 0 Å². The summed E-state index contributed by atoms with van der Waals surface area (Å²) in [6, 6.07) is 0. The summed E-state index contributed by atoms with van der Waals surface area (Å²) in [6.07, 6.45) is 11.1. The van der Waals surface area contributed by atoms with Gasteiger partial charge in [-0.25, -0.2) is 4.98 Å². The second-order valence-corrected chi connectivity index (χ2v) is 5.51. The molecule has 0 aromatic carbocycles. The molecule has 4 heteroatoms. The van der Waals surface area contributed by atoms with Crippen molar-refractivity contribution in [3.05, 3.63) is 35.1 Å². The predicted octanol–water partition coefficient (Wildman–Crippen LogP) is 2.80. The van der Waals surface area contributed by atoms with Crippen LogP contribution in [-0.2, 0) is 6.42 Å². The molecule has 2 aromatic rings. The molecule has 1 N–H and O–H groups in total. The molecule has 1 aliphatic rings. The van der Waals surface area contributed by atoms with Crippen molar-refractivity contribution in [3.63, 3.8) is 0 Å². The second kappa shape index (κ2) is 4.63. The smallest absolute Gasteiger partial charge is 0.193 e. The number of allylic oxidation sites excluding steroid dienone is 1. The number of imidazole rings is 1. The summed E-state index contributed by atoms with van der Waals surface area (Å²) in [7, 11) is 0. The molecule has 3 rings (SSSR count). The highest BCUT2D eigenvalue weighted by Crippen LogP contribution is 2.21. The fourth-order valence-electron chi connectivity index (χ4n) is 2.39. The quantitative estimate of drug-likeness (QED) is 0.830. The predicted molar refractivity (Wildman–Crippen MR) is 69.3 cm³/mol. The molecule has 1 atom stereocenters. The number of aliphatic hydroxyl groups is 1. The lowest BCUT2D eigenvalue weighted by Gasteiger charge is -2.03. The average molecular weight is 248 g/mol. The zero-order valence-electron chi connectivity index (χ0n) is 9.67. The zero-order valence-corrected chi connectivity index (χ0v) is 10.5. The Labute approximate surface area is 104 Å². The van der Waals surface area contributed by atoms with Crippen molar-refractivity contribution in [1.82, 2.24) is 9.38 Å². The Morgan fingerprint density at radius 2 is 2.41 bits per heavy atom. The number of thiazole rings is 1. The third-order valence-corrected chi connectivity index (χ3v) is 4.00. The Morgan fingerprint density at radius 3 is 3.29 bits per heavy atom. The maximum atomic E-state index is 9.74. The van der Waals surface area contributed by atoms with Crippen LogP contribution in [-0.4, -0.2) is 20.6 Å². The van der Waals surface area contributed by atoms with Crippen LogP contribution in [0.15, 0.2) is 29.4 Å². The van der Waals surface area contributed by atoms with Crippen molar-refractivity contribution in [2.45, 2.75) is 38.2 Å². The minimum atomic E-state index is -0.253. The van der Waals surface area contributed by atoms with Crippen LogP contribution in [0.1, 0.15) is 31.4 Å². The van der Waals surface area contributed by atoms with Crippen molar-refractivity contribution in [2.24, 2.45) is 0 Å². The third kappa shape index (κ3) is 2.42. The lowest BCUT2D eigenvalue weighted by Crippen LogP contribution is -2.01. The maximum Gasteiger partial charge on any atom is 0.193 e. The number of hydrogen-bond acceptors (Lipinski definition) is 3. The van der Waals surface area contributed by atoms with Gasteiger partial charge in [-0.15, -0.1) is 11.3 Å². The lowest BCUT2D eigenvalue weighted by molar-refractivity contribution is 0.211. The van der Waals surface area contributed by atoms with E-state index in [1.54, 1.807) is 11.3 Å². The Balaban J connectivity index is 1.79. The zero-order chi connectivity index (χ0) is 11.7. The summed E-state index contributed by atoms with van der Waals surface area (Å²) in [4.78, 5) is 5.63. The Morgan fingerprint density at radius 1 is 1.47 bits per heavy atom. The summed E-state index contributed by atoms with van der Waals surface area (Å²) in [5.41, 5.74) is 2.44. The highest BCUT2D eigenvalue weighted by molar-refractivity contribution is 7.15. The van der Waals surface area contributed by atoms with Crippen LogP contribution < -0.4 is 0 Å². The van der Waals surface area contributed by atoms with E-state index in [2.05, 4.69) is 15.6 Å². The number of aliphatic hydroxyl groups excluding tert-OH is 1. The summed E-state index contributed by atoms with van der Waals surface area (Å²) >= 11 is 1.66. The van der Waals surface area contributed by atoms with Gasteiger partial charge in [0.15, 0.2) is 4.96 Å². The first-order valence-electron chi connectivity index (χ1n) is 6.10. The summed E-state index contributed by atoms with van der Waals surface area (Å²) in [5.74, 6) is 0.